The molecule has 0 amide bonds. The molecule has 1 aromatic carbocycles. The maximum Gasteiger partial charge on any atom is 0.191 e. The molecule has 0 radical (unpaired) electrons. The smallest absolute Gasteiger partial charge is 0.191 e. The van der Waals surface area contributed by atoms with Crippen molar-refractivity contribution in [3.8, 4) is 0 Å². The fourth-order valence-electron chi connectivity index (χ4n) is 3.67. The number of aliphatic imine (C=N–C) groups is 1. The molecule has 25 heavy (non-hydrogen) atoms. The van der Waals surface area contributed by atoms with Gasteiger partial charge in [-0.05, 0) is 44.5 Å². The highest BCUT2D eigenvalue weighted by Crippen LogP contribution is 2.43. The van der Waals surface area contributed by atoms with Gasteiger partial charge in [-0.1, -0.05) is 13.0 Å². The number of nitrogens with zero attached hydrogens (tertiary/aromatic N) is 2. The molecule has 0 spiro atoms. The minimum absolute atomic E-state index is 0. The number of hydrogen-bond acceptors (Lipinski definition) is 2. The number of likely N-dealkylation sites (tertiary alicyclic amines) is 1. The highest BCUT2D eigenvalue weighted by Gasteiger charge is 2.42. The summed E-state index contributed by atoms with van der Waals surface area (Å²) in [4.78, 5) is 6.71. The van der Waals surface area contributed by atoms with Crippen LogP contribution in [-0.4, -0.2) is 49.6 Å². The van der Waals surface area contributed by atoms with Crippen molar-refractivity contribution in [3.05, 3.63) is 35.4 Å². The molecular formula is C18H27F2IN4. The predicted molar refractivity (Wildman–Crippen MR) is 108 cm³/mol. The Labute approximate surface area is 165 Å². The monoisotopic (exact) mass is 464 g/mol. The molecule has 3 unspecified atom stereocenters. The maximum atomic E-state index is 13.8. The SMILES string of the molecule is CCN1CCCC1CNC(=NC)NC1CC1c1c(F)cccc1F.I. The first-order valence-electron chi connectivity index (χ1n) is 8.79. The van der Waals surface area contributed by atoms with Crippen molar-refractivity contribution < 1.29 is 8.78 Å². The van der Waals surface area contributed by atoms with Gasteiger partial charge in [-0.25, -0.2) is 8.78 Å². The average Bonchev–Trinajstić information content (AvgIpc) is 3.16. The number of rotatable bonds is 5. The zero-order valence-electron chi connectivity index (χ0n) is 14.8. The first-order chi connectivity index (χ1) is 11.6. The van der Waals surface area contributed by atoms with Crippen LogP contribution in [0.2, 0.25) is 0 Å². The second-order valence-corrected chi connectivity index (χ2v) is 6.61. The van der Waals surface area contributed by atoms with E-state index in [0.717, 1.165) is 26.1 Å². The summed E-state index contributed by atoms with van der Waals surface area (Å²) < 4.78 is 27.7. The Balaban J connectivity index is 0.00000225. The van der Waals surface area contributed by atoms with Crippen molar-refractivity contribution >= 4 is 29.9 Å². The van der Waals surface area contributed by atoms with Crippen molar-refractivity contribution in [1.82, 2.24) is 15.5 Å². The van der Waals surface area contributed by atoms with E-state index in [9.17, 15) is 8.78 Å². The molecule has 2 fully saturated rings. The fraction of sp³-hybridized carbons (Fsp3) is 0.611. The Kier molecular flexibility index (Phi) is 7.42. The van der Waals surface area contributed by atoms with E-state index in [4.69, 9.17) is 0 Å². The molecule has 1 saturated carbocycles. The molecule has 7 heteroatoms. The van der Waals surface area contributed by atoms with Crippen LogP contribution < -0.4 is 10.6 Å². The van der Waals surface area contributed by atoms with Crippen LogP contribution in [0.25, 0.3) is 0 Å². The van der Waals surface area contributed by atoms with Crippen molar-refractivity contribution in [2.24, 2.45) is 4.99 Å². The van der Waals surface area contributed by atoms with E-state index in [1.54, 1.807) is 7.05 Å². The third-order valence-corrected chi connectivity index (χ3v) is 5.12. The highest BCUT2D eigenvalue weighted by molar-refractivity contribution is 14.0. The van der Waals surface area contributed by atoms with Crippen LogP contribution in [0.4, 0.5) is 8.78 Å². The molecule has 0 aromatic heterocycles. The molecular weight excluding hydrogens is 437 g/mol. The summed E-state index contributed by atoms with van der Waals surface area (Å²) in [5.74, 6) is -0.334. The summed E-state index contributed by atoms with van der Waals surface area (Å²) in [5.41, 5.74) is 0.193. The van der Waals surface area contributed by atoms with Gasteiger partial charge in [-0.3, -0.25) is 9.89 Å². The highest BCUT2D eigenvalue weighted by atomic mass is 127. The van der Waals surface area contributed by atoms with Crippen molar-refractivity contribution in [3.63, 3.8) is 0 Å². The summed E-state index contributed by atoms with van der Waals surface area (Å²) in [6.45, 7) is 5.25. The topological polar surface area (TPSA) is 39.7 Å². The molecule has 3 rings (SSSR count). The lowest BCUT2D eigenvalue weighted by Crippen LogP contribution is -2.45. The van der Waals surface area contributed by atoms with E-state index in [2.05, 4.69) is 27.4 Å². The van der Waals surface area contributed by atoms with Crippen molar-refractivity contribution in [1.29, 1.82) is 0 Å². The van der Waals surface area contributed by atoms with E-state index in [0.29, 0.717) is 12.0 Å². The molecule has 1 heterocycles. The summed E-state index contributed by atoms with van der Waals surface area (Å²) in [7, 11) is 1.72. The quantitative estimate of drug-likeness (QED) is 0.400. The lowest BCUT2D eigenvalue weighted by molar-refractivity contribution is 0.267. The van der Waals surface area contributed by atoms with E-state index >= 15 is 0 Å². The van der Waals surface area contributed by atoms with Crippen molar-refractivity contribution in [2.75, 3.05) is 26.7 Å². The number of hydrogen-bond donors (Lipinski definition) is 2. The zero-order valence-corrected chi connectivity index (χ0v) is 17.1. The minimum atomic E-state index is -0.461. The zero-order chi connectivity index (χ0) is 17.1. The van der Waals surface area contributed by atoms with Gasteiger partial charge in [0.05, 0.1) is 0 Å². The van der Waals surface area contributed by atoms with E-state index in [1.165, 1.54) is 31.0 Å². The number of likely N-dealkylation sites (N-methyl/N-ethyl adjacent to an activating group) is 1. The molecule has 1 aliphatic heterocycles. The summed E-state index contributed by atoms with van der Waals surface area (Å²) >= 11 is 0. The summed E-state index contributed by atoms with van der Waals surface area (Å²) in [6, 6.07) is 4.61. The molecule has 4 nitrogen and oxygen atoms in total. The predicted octanol–water partition coefficient (Wildman–Crippen LogP) is 3.09. The Bertz CT molecular complexity index is 590. The third kappa shape index (κ3) is 4.81. The molecule has 140 valence electrons. The Morgan fingerprint density at radius 2 is 2.04 bits per heavy atom. The number of benzene rings is 1. The van der Waals surface area contributed by atoms with Gasteiger partial charge in [-0.15, -0.1) is 24.0 Å². The van der Waals surface area contributed by atoms with Gasteiger partial charge in [0.1, 0.15) is 11.6 Å². The molecule has 1 saturated heterocycles. The average molecular weight is 464 g/mol. The van der Waals surface area contributed by atoms with Gasteiger partial charge in [0.15, 0.2) is 5.96 Å². The van der Waals surface area contributed by atoms with E-state index in [-0.39, 0.29) is 41.5 Å². The van der Waals surface area contributed by atoms with Crippen LogP contribution >= 0.6 is 24.0 Å². The third-order valence-electron chi connectivity index (χ3n) is 5.12. The van der Waals surface area contributed by atoms with Gasteiger partial charge in [0.25, 0.3) is 0 Å². The Morgan fingerprint density at radius 1 is 1.32 bits per heavy atom. The Morgan fingerprint density at radius 3 is 2.68 bits per heavy atom. The Hall–Kier alpha value is -0.960. The van der Waals surface area contributed by atoms with Crippen LogP contribution in [0.5, 0.6) is 0 Å². The van der Waals surface area contributed by atoms with Crippen LogP contribution in [-0.2, 0) is 0 Å². The van der Waals surface area contributed by atoms with Crippen LogP contribution in [0.1, 0.15) is 37.7 Å². The molecule has 2 N–H and O–H groups in total. The molecule has 3 atom stereocenters. The first kappa shape index (κ1) is 20.4. The van der Waals surface area contributed by atoms with Gasteiger partial charge in [-0.2, -0.15) is 0 Å². The maximum absolute atomic E-state index is 13.8. The van der Waals surface area contributed by atoms with E-state index in [1.807, 2.05) is 0 Å². The van der Waals surface area contributed by atoms with Gasteiger partial charge in [0, 0.05) is 37.2 Å². The number of nitrogens with one attached hydrogen (secondary N) is 2. The van der Waals surface area contributed by atoms with Gasteiger partial charge in [0.2, 0.25) is 0 Å². The second kappa shape index (κ2) is 9.12. The van der Waals surface area contributed by atoms with Crippen LogP contribution in [0, 0.1) is 11.6 Å². The lowest BCUT2D eigenvalue weighted by atomic mass is 10.1. The largest absolute Gasteiger partial charge is 0.355 e. The molecule has 1 aliphatic carbocycles. The summed E-state index contributed by atoms with van der Waals surface area (Å²) in [5, 5.41) is 6.65. The lowest BCUT2D eigenvalue weighted by Gasteiger charge is -2.24. The molecule has 1 aromatic rings. The normalized spacial score (nSPS) is 26.2. The van der Waals surface area contributed by atoms with E-state index < -0.39 is 11.6 Å². The first-order valence-corrected chi connectivity index (χ1v) is 8.79. The second-order valence-electron chi connectivity index (χ2n) is 6.61. The number of halogens is 3. The van der Waals surface area contributed by atoms with Crippen molar-refractivity contribution in [2.45, 2.75) is 44.2 Å². The minimum Gasteiger partial charge on any atom is -0.355 e. The fourth-order valence-corrected chi connectivity index (χ4v) is 3.67. The van der Waals surface area contributed by atoms with Gasteiger partial charge >= 0.3 is 0 Å². The van der Waals surface area contributed by atoms with Crippen LogP contribution in [0.15, 0.2) is 23.2 Å². The molecule has 2 aliphatic rings. The standard InChI is InChI=1S/C18H26F2N4.HI/c1-3-24-9-5-6-12(24)11-22-18(21-2)23-16-10-13(16)17-14(19)7-4-8-15(17)20;/h4,7-8,12-13,16H,3,5-6,9-11H2,1-2H3,(H2,21,22,23);1H. The van der Waals surface area contributed by atoms with Crippen LogP contribution in [0.3, 0.4) is 0 Å². The molecule has 0 bridgehead atoms. The summed E-state index contributed by atoms with van der Waals surface area (Å²) in [6.07, 6.45) is 3.16. The number of guanidine groups is 1. The van der Waals surface area contributed by atoms with Gasteiger partial charge < -0.3 is 10.6 Å².